The Morgan fingerprint density at radius 3 is 1.41 bits per heavy atom. The van der Waals surface area contributed by atoms with Crippen molar-refractivity contribution in [3.8, 4) is 0 Å². The Kier molecular flexibility index (Phi) is 7.03. The summed E-state index contributed by atoms with van der Waals surface area (Å²) in [5.41, 5.74) is 2.43. The van der Waals surface area contributed by atoms with Crippen LogP contribution in [-0.2, 0) is 19.1 Å². The van der Waals surface area contributed by atoms with Gasteiger partial charge in [-0.3, -0.25) is 9.59 Å². The molecule has 22 heavy (non-hydrogen) atoms. The number of hydrogen-bond acceptors (Lipinski definition) is 6. The molecule has 0 aromatic carbocycles. The molecule has 0 N–H and O–H groups in total. The maximum atomic E-state index is 12.1. The quantitative estimate of drug-likeness (QED) is 0.533. The number of nitrogens with zero attached hydrogens (tertiary/aromatic N) is 2. The molecule has 1 rings (SSSR count). The van der Waals surface area contributed by atoms with E-state index in [1.54, 1.807) is 0 Å². The number of carbonyl (C=O) groups is 2. The third-order valence-electron chi connectivity index (χ3n) is 3.94. The zero-order valence-corrected chi connectivity index (χ0v) is 14.5. The molecule has 0 spiro atoms. The van der Waals surface area contributed by atoms with Crippen molar-refractivity contribution in [2.24, 2.45) is 11.8 Å². The summed E-state index contributed by atoms with van der Waals surface area (Å²) < 4.78 is 9.78. The molecule has 0 heterocycles. The first-order valence-corrected chi connectivity index (χ1v) is 7.45. The summed E-state index contributed by atoms with van der Waals surface area (Å²) in [5, 5.41) is 0. The molecule has 126 valence electrons. The fourth-order valence-electron chi connectivity index (χ4n) is 3.02. The lowest BCUT2D eigenvalue weighted by molar-refractivity contribution is -0.158. The first-order chi connectivity index (χ1) is 10.3. The molecule has 0 amide bonds. The molecule has 0 radical (unpaired) electrons. The predicted octanol–water partition coefficient (Wildman–Crippen LogP) is 0.778. The SMILES string of the molecule is COC(=O)[C@@H]1CC(CN(C)C)=C(CN(C)C)C[C@H]1C(=O)OC. The van der Waals surface area contributed by atoms with Gasteiger partial charge in [0.2, 0.25) is 0 Å². The van der Waals surface area contributed by atoms with Crippen molar-refractivity contribution in [1.82, 2.24) is 9.80 Å². The normalized spacial score (nSPS) is 22.2. The second-order valence-corrected chi connectivity index (χ2v) is 6.35. The smallest absolute Gasteiger partial charge is 0.309 e. The van der Waals surface area contributed by atoms with Crippen LogP contribution < -0.4 is 0 Å². The number of rotatable bonds is 6. The van der Waals surface area contributed by atoms with Crippen molar-refractivity contribution >= 4 is 11.9 Å². The fraction of sp³-hybridized carbons (Fsp3) is 0.750. The van der Waals surface area contributed by atoms with Gasteiger partial charge in [-0.1, -0.05) is 11.1 Å². The van der Waals surface area contributed by atoms with Crippen molar-refractivity contribution in [3.63, 3.8) is 0 Å². The van der Waals surface area contributed by atoms with E-state index in [0.29, 0.717) is 12.8 Å². The van der Waals surface area contributed by atoms with Crippen LogP contribution in [-0.4, -0.2) is 77.2 Å². The first kappa shape index (κ1) is 18.6. The van der Waals surface area contributed by atoms with Gasteiger partial charge in [0.05, 0.1) is 26.1 Å². The van der Waals surface area contributed by atoms with E-state index in [4.69, 9.17) is 9.47 Å². The summed E-state index contributed by atoms with van der Waals surface area (Å²) in [7, 11) is 10.7. The molecule has 6 heteroatoms. The van der Waals surface area contributed by atoms with Gasteiger partial charge in [-0.2, -0.15) is 0 Å². The third-order valence-corrected chi connectivity index (χ3v) is 3.94. The molecular weight excluding hydrogens is 284 g/mol. The summed E-state index contributed by atoms with van der Waals surface area (Å²) in [6.07, 6.45) is 1.10. The number of likely N-dealkylation sites (N-methyl/N-ethyl adjacent to an activating group) is 2. The lowest BCUT2D eigenvalue weighted by Gasteiger charge is -2.33. The molecular formula is C16H28N2O4. The monoisotopic (exact) mass is 312 g/mol. The number of methoxy groups -OCH3 is 2. The van der Waals surface area contributed by atoms with E-state index in [1.165, 1.54) is 25.4 Å². The Hall–Kier alpha value is -1.40. The second kappa shape index (κ2) is 8.29. The third kappa shape index (κ3) is 4.81. The summed E-state index contributed by atoms with van der Waals surface area (Å²) in [6.45, 7) is 1.56. The van der Waals surface area contributed by atoms with Gasteiger partial charge in [0.15, 0.2) is 0 Å². The van der Waals surface area contributed by atoms with Crippen LogP contribution in [0, 0.1) is 11.8 Å². The molecule has 0 saturated heterocycles. The lowest BCUT2D eigenvalue weighted by atomic mass is 9.75. The predicted molar refractivity (Wildman–Crippen MR) is 84.4 cm³/mol. The van der Waals surface area contributed by atoms with Gasteiger partial charge in [0.25, 0.3) is 0 Å². The van der Waals surface area contributed by atoms with Crippen molar-refractivity contribution in [1.29, 1.82) is 0 Å². The summed E-state index contributed by atoms with van der Waals surface area (Å²) in [4.78, 5) is 28.3. The zero-order valence-electron chi connectivity index (χ0n) is 14.5. The average Bonchev–Trinajstić information content (AvgIpc) is 2.45. The van der Waals surface area contributed by atoms with Crippen molar-refractivity contribution in [2.45, 2.75) is 12.8 Å². The molecule has 0 bridgehead atoms. The van der Waals surface area contributed by atoms with Crippen LogP contribution in [0.1, 0.15) is 12.8 Å². The molecule has 1 aliphatic rings. The highest BCUT2D eigenvalue weighted by molar-refractivity contribution is 5.83. The summed E-state index contributed by atoms with van der Waals surface area (Å²) in [5.74, 6) is -1.59. The summed E-state index contributed by atoms with van der Waals surface area (Å²) >= 11 is 0. The van der Waals surface area contributed by atoms with Gasteiger partial charge < -0.3 is 19.3 Å². The van der Waals surface area contributed by atoms with Gasteiger partial charge in [-0.15, -0.1) is 0 Å². The molecule has 0 aromatic heterocycles. The molecule has 6 nitrogen and oxygen atoms in total. The Labute approximate surface area is 133 Å². The van der Waals surface area contributed by atoms with E-state index in [9.17, 15) is 9.59 Å². The summed E-state index contributed by atoms with van der Waals surface area (Å²) in [6, 6.07) is 0. The van der Waals surface area contributed by atoms with Crippen molar-refractivity contribution < 1.29 is 19.1 Å². The van der Waals surface area contributed by atoms with Gasteiger partial charge in [0.1, 0.15) is 0 Å². The molecule has 0 aliphatic heterocycles. The maximum Gasteiger partial charge on any atom is 0.309 e. The molecule has 0 saturated carbocycles. The standard InChI is InChI=1S/C16H28N2O4/c1-17(2)9-11-7-13(15(19)21-5)14(16(20)22-6)8-12(11)10-18(3)4/h13-14H,7-10H2,1-6H3/t13-,14-/m1/s1. The highest BCUT2D eigenvalue weighted by Crippen LogP contribution is 2.36. The maximum absolute atomic E-state index is 12.1. The van der Waals surface area contributed by atoms with E-state index >= 15 is 0 Å². The molecule has 2 atom stereocenters. The Balaban J connectivity index is 3.14. The molecule has 1 aliphatic carbocycles. The highest BCUT2D eigenvalue weighted by atomic mass is 16.5. The van der Waals surface area contributed by atoms with Crippen LogP contribution in [0.15, 0.2) is 11.1 Å². The van der Waals surface area contributed by atoms with E-state index in [2.05, 4.69) is 9.80 Å². The topological polar surface area (TPSA) is 59.1 Å². The number of esters is 2. The zero-order chi connectivity index (χ0) is 16.9. The fourth-order valence-corrected chi connectivity index (χ4v) is 3.02. The minimum atomic E-state index is -0.460. The average molecular weight is 312 g/mol. The van der Waals surface area contributed by atoms with Crippen LogP contribution in [0.2, 0.25) is 0 Å². The largest absolute Gasteiger partial charge is 0.469 e. The van der Waals surface area contributed by atoms with Crippen LogP contribution >= 0.6 is 0 Å². The van der Waals surface area contributed by atoms with Gasteiger partial charge in [-0.25, -0.2) is 0 Å². The van der Waals surface area contributed by atoms with Gasteiger partial charge in [0, 0.05) is 13.1 Å². The number of hydrogen-bond donors (Lipinski definition) is 0. The van der Waals surface area contributed by atoms with Gasteiger partial charge in [-0.05, 0) is 41.0 Å². The minimum Gasteiger partial charge on any atom is -0.469 e. The van der Waals surface area contributed by atoms with E-state index < -0.39 is 11.8 Å². The van der Waals surface area contributed by atoms with E-state index in [0.717, 1.165) is 13.1 Å². The molecule has 0 aromatic rings. The minimum absolute atomic E-state index is 0.337. The second-order valence-electron chi connectivity index (χ2n) is 6.35. The Bertz CT molecular complexity index is 403. The molecule has 0 unspecified atom stereocenters. The lowest BCUT2D eigenvalue weighted by Crippen LogP contribution is -2.38. The molecule has 0 fully saturated rings. The number of carbonyl (C=O) groups excluding carboxylic acids is 2. The Morgan fingerprint density at radius 2 is 1.18 bits per heavy atom. The van der Waals surface area contributed by atoms with Crippen LogP contribution in [0.3, 0.4) is 0 Å². The van der Waals surface area contributed by atoms with Crippen LogP contribution in [0.5, 0.6) is 0 Å². The van der Waals surface area contributed by atoms with E-state index in [1.807, 2.05) is 28.2 Å². The first-order valence-electron chi connectivity index (χ1n) is 7.45. The highest BCUT2D eigenvalue weighted by Gasteiger charge is 2.40. The van der Waals surface area contributed by atoms with Crippen molar-refractivity contribution in [3.05, 3.63) is 11.1 Å². The number of ether oxygens (including phenoxy) is 2. The Morgan fingerprint density at radius 1 is 0.864 bits per heavy atom. The van der Waals surface area contributed by atoms with Crippen LogP contribution in [0.25, 0.3) is 0 Å². The van der Waals surface area contributed by atoms with Crippen molar-refractivity contribution in [2.75, 3.05) is 55.5 Å². The van der Waals surface area contributed by atoms with Gasteiger partial charge >= 0.3 is 11.9 Å². The van der Waals surface area contributed by atoms with Crippen LogP contribution in [0.4, 0.5) is 0 Å². The van der Waals surface area contributed by atoms with E-state index in [-0.39, 0.29) is 11.9 Å².